The molecule has 0 atom stereocenters. The molecule has 1 aromatic heterocycles. The predicted molar refractivity (Wildman–Crippen MR) is 107 cm³/mol. The molecule has 0 saturated carbocycles. The number of nitrogens with one attached hydrogen (secondary N) is 1. The van der Waals surface area contributed by atoms with E-state index in [0.717, 1.165) is 44.4 Å². The minimum atomic E-state index is -0.771. The average Bonchev–Trinajstić information content (AvgIpc) is 3.16. The lowest BCUT2D eigenvalue weighted by molar-refractivity contribution is -0.130. The molecule has 0 aliphatic carbocycles. The van der Waals surface area contributed by atoms with E-state index in [4.69, 9.17) is 4.98 Å². The second-order valence-corrected chi connectivity index (χ2v) is 9.06. The summed E-state index contributed by atoms with van der Waals surface area (Å²) in [5, 5.41) is 4.00. The van der Waals surface area contributed by atoms with E-state index in [-0.39, 0.29) is 11.9 Å². The lowest BCUT2D eigenvalue weighted by Crippen LogP contribution is -2.40. The third kappa shape index (κ3) is 3.71. The number of amides is 3. The Bertz CT molecular complexity index is 822. The molecule has 3 heterocycles. The van der Waals surface area contributed by atoms with Crippen LogP contribution in [0.1, 0.15) is 44.0 Å². The third-order valence-electron chi connectivity index (χ3n) is 5.55. The average molecular weight is 387 g/mol. The molecule has 2 saturated heterocycles. The highest BCUT2D eigenvalue weighted by atomic mass is 32.1. The number of urea groups is 1. The zero-order valence-electron chi connectivity index (χ0n) is 15.9. The van der Waals surface area contributed by atoms with Gasteiger partial charge in [0.1, 0.15) is 5.54 Å². The van der Waals surface area contributed by atoms with Crippen molar-refractivity contribution in [3.05, 3.63) is 29.3 Å². The van der Waals surface area contributed by atoms with Gasteiger partial charge in [0.25, 0.3) is 5.91 Å². The maximum atomic E-state index is 12.2. The van der Waals surface area contributed by atoms with Gasteiger partial charge >= 0.3 is 6.03 Å². The summed E-state index contributed by atoms with van der Waals surface area (Å²) in [5.41, 5.74) is 0.337. The van der Waals surface area contributed by atoms with Gasteiger partial charge in [-0.05, 0) is 64.9 Å². The fraction of sp³-hybridized carbons (Fsp3) is 0.550. The fourth-order valence-electron chi connectivity index (χ4n) is 3.94. The van der Waals surface area contributed by atoms with Gasteiger partial charge in [0.15, 0.2) is 0 Å². The molecule has 0 unspecified atom stereocenters. The Morgan fingerprint density at radius 3 is 2.59 bits per heavy atom. The Kier molecular flexibility index (Phi) is 4.90. The smallest absolute Gasteiger partial charge is 0.324 e. The second-order valence-electron chi connectivity index (χ2n) is 8.00. The van der Waals surface area contributed by atoms with Crippen LogP contribution in [0.25, 0.3) is 10.2 Å². The van der Waals surface area contributed by atoms with E-state index in [9.17, 15) is 9.59 Å². The minimum Gasteiger partial charge on any atom is -0.324 e. The highest BCUT2D eigenvalue weighted by Crippen LogP contribution is 2.33. The van der Waals surface area contributed by atoms with Crippen LogP contribution in [0, 0.1) is 0 Å². The highest BCUT2D eigenvalue weighted by Gasteiger charge is 2.43. The topological polar surface area (TPSA) is 65.5 Å². The van der Waals surface area contributed by atoms with Crippen molar-refractivity contribution in [2.75, 3.05) is 26.2 Å². The van der Waals surface area contributed by atoms with E-state index >= 15 is 0 Å². The summed E-state index contributed by atoms with van der Waals surface area (Å²) in [5.74, 6) is 0.424. The van der Waals surface area contributed by atoms with Gasteiger partial charge in [-0.15, -0.1) is 11.3 Å². The molecule has 0 radical (unpaired) electrons. The van der Waals surface area contributed by atoms with Crippen LogP contribution in [-0.2, 0) is 4.79 Å². The van der Waals surface area contributed by atoms with Crippen molar-refractivity contribution >= 4 is 33.5 Å². The van der Waals surface area contributed by atoms with Crippen molar-refractivity contribution in [3.8, 4) is 0 Å². The van der Waals surface area contributed by atoms with E-state index in [1.165, 1.54) is 14.6 Å². The van der Waals surface area contributed by atoms with Crippen LogP contribution < -0.4 is 5.32 Å². The lowest BCUT2D eigenvalue weighted by atomic mass is 9.97. The number of carbonyl (C=O) groups is 2. The van der Waals surface area contributed by atoms with Crippen LogP contribution in [0.4, 0.5) is 4.79 Å². The first-order chi connectivity index (χ1) is 12.9. The highest BCUT2D eigenvalue weighted by molar-refractivity contribution is 7.18. The summed E-state index contributed by atoms with van der Waals surface area (Å²) in [7, 11) is 0. The van der Waals surface area contributed by atoms with E-state index in [1.807, 2.05) is 17.4 Å². The molecule has 2 aromatic rings. The summed E-state index contributed by atoms with van der Waals surface area (Å²) in [4.78, 5) is 32.8. The molecule has 4 rings (SSSR count). The number of imide groups is 1. The number of hydrogen-bond donors (Lipinski definition) is 1. The summed E-state index contributed by atoms with van der Waals surface area (Å²) in [6.07, 6.45) is 3.06. The monoisotopic (exact) mass is 386 g/mol. The Balaban J connectivity index is 1.25. The Morgan fingerprint density at radius 2 is 1.93 bits per heavy atom. The molecule has 0 spiro atoms. The number of likely N-dealkylation sites (tertiary alicyclic amines) is 1. The molecule has 0 bridgehead atoms. The first-order valence-corrected chi connectivity index (χ1v) is 10.5. The van der Waals surface area contributed by atoms with Crippen molar-refractivity contribution in [1.29, 1.82) is 0 Å². The Morgan fingerprint density at radius 1 is 1.19 bits per heavy atom. The summed E-state index contributed by atoms with van der Waals surface area (Å²) in [6, 6.07) is 8.07. The molecule has 1 aromatic carbocycles. The molecule has 3 amide bonds. The number of nitrogens with zero attached hydrogens (tertiary/aromatic N) is 3. The van der Waals surface area contributed by atoms with Crippen LogP contribution in [0.15, 0.2) is 24.3 Å². The first-order valence-electron chi connectivity index (χ1n) is 9.66. The molecule has 144 valence electrons. The van der Waals surface area contributed by atoms with Gasteiger partial charge in [0.2, 0.25) is 0 Å². The number of thiazole rings is 1. The zero-order chi connectivity index (χ0) is 19.0. The van der Waals surface area contributed by atoms with E-state index in [1.54, 1.807) is 13.8 Å². The molecule has 2 aliphatic heterocycles. The van der Waals surface area contributed by atoms with Gasteiger partial charge in [-0.2, -0.15) is 0 Å². The normalized spacial score (nSPS) is 21.2. The number of rotatable bonds is 5. The maximum absolute atomic E-state index is 12.2. The van der Waals surface area contributed by atoms with Crippen molar-refractivity contribution in [3.63, 3.8) is 0 Å². The summed E-state index contributed by atoms with van der Waals surface area (Å²) < 4.78 is 1.27. The van der Waals surface area contributed by atoms with Crippen LogP contribution in [0.3, 0.4) is 0 Å². The zero-order valence-corrected chi connectivity index (χ0v) is 16.7. The van der Waals surface area contributed by atoms with Gasteiger partial charge < -0.3 is 10.2 Å². The maximum Gasteiger partial charge on any atom is 0.325 e. The number of piperidine rings is 1. The van der Waals surface area contributed by atoms with E-state index in [2.05, 4.69) is 28.4 Å². The summed E-state index contributed by atoms with van der Waals surface area (Å²) in [6.45, 7) is 7.01. The number of carbonyl (C=O) groups excluding carboxylic acids is 2. The van der Waals surface area contributed by atoms with E-state index < -0.39 is 5.54 Å². The molecule has 1 N–H and O–H groups in total. The Labute approximate surface area is 163 Å². The largest absolute Gasteiger partial charge is 0.325 e. The van der Waals surface area contributed by atoms with Crippen molar-refractivity contribution < 1.29 is 9.59 Å². The first kappa shape index (κ1) is 18.4. The number of hydrogen-bond acceptors (Lipinski definition) is 5. The molecular formula is C20H26N4O2S. The minimum absolute atomic E-state index is 0.123. The van der Waals surface area contributed by atoms with Crippen molar-refractivity contribution in [2.45, 2.75) is 44.6 Å². The fourth-order valence-corrected chi connectivity index (χ4v) is 5.08. The van der Waals surface area contributed by atoms with Gasteiger partial charge in [-0.1, -0.05) is 12.1 Å². The Hall–Kier alpha value is -1.99. The van der Waals surface area contributed by atoms with Crippen molar-refractivity contribution in [1.82, 2.24) is 20.1 Å². The lowest BCUT2D eigenvalue weighted by Gasteiger charge is -2.31. The standard InChI is InChI=1S/C20H26N4O2S/c1-20(2)18(25)24(19(26)22-20)11-5-10-23-12-8-14(9-13-23)17-21-15-6-3-4-7-16(15)27-17/h3-4,6-7,14H,5,8-13H2,1-2H3,(H,22,26). The second kappa shape index (κ2) is 7.20. The number of fused-ring (bicyclic) bond motifs is 1. The molecule has 2 fully saturated rings. The van der Waals surface area contributed by atoms with Gasteiger partial charge in [-0.25, -0.2) is 9.78 Å². The van der Waals surface area contributed by atoms with Crippen LogP contribution >= 0.6 is 11.3 Å². The number of para-hydroxylation sites is 1. The SMILES string of the molecule is CC1(C)NC(=O)N(CCCN2CCC(c3nc4ccccc4s3)CC2)C1=O. The third-order valence-corrected chi connectivity index (χ3v) is 6.75. The van der Waals surface area contributed by atoms with Crippen LogP contribution in [0.5, 0.6) is 0 Å². The van der Waals surface area contributed by atoms with Crippen LogP contribution in [0.2, 0.25) is 0 Å². The van der Waals surface area contributed by atoms with Crippen molar-refractivity contribution in [2.24, 2.45) is 0 Å². The summed E-state index contributed by atoms with van der Waals surface area (Å²) >= 11 is 1.82. The molecule has 6 nitrogen and oxygen atoms in total. The van der Waals surface area contributed by atoms with E-state index in [0.29, 0.717) is 12.5 Å². The number of benzene rings is 1. The molecule has 2 aliphatic rings. The molecular weight excluding hydrogens is 360 g/mol. The quantitative estimate of drug-likeness (QED) is 0.802. The predicted octanol–water partition coefficient (Wildman–Crippen LogP) is 3.20. The molecule has 7 heteroatoms. The van der Waals surface area contributed by atoms with Crippen LogP contribution in [-0.4, -0.2) is 58.4 Å². The number of aromatic nitrogens is 1. The van der Waals surface area contributed by atoms with Gasteiger partial charge in [0.05, 0.1) is 15.2 Å². The molecule has 27 heavy (non-hydrogen) atoms. The van der Waals surface area contributed by atoms with Gasteiger partial charge in [-0.3, -0.25) is 9.69 Å². The van der Waals surface area contributed by atoms with Gasteiger partial charge in [0, 0.05) is 12.5 Å².